The van der Waals surface area contributed by atoms with Crippen molar-refractivity contribution in [2.45, 2.75) is 37.8 Å². The van der Waals surface area contributed by atoms with Crippen molar-refractivity contribution in [3.63, 3.8) is 0 Å². The molecule has 3 aromatic heterocycles. The summed E-state index contributed by atoms with van der Waals surface area (Å²) < 4.78 is 100. The highest BCUT2D eigenvalue weighted by Crippen LogP contribution is 2.36. The Labute approximate surface area is 206 Å². The summed E-state index contributed by atoms with van der Waals surface area (Å²) in [4.78, 5) is 4.89. The first-order valence-electron chi connectivity index (χ1n) is 12.5. The number of rotatable bonds is 7. The van der Waals surface area contributed by atoms with Crippen LogP contribution in [0.2, 0.25) is 0 Å². The van der Waals surface area contributed by atoms with Crippen LogP contribution in [0.3, 0.4) is 0 Å². The molecule has 192 valence electrons. The van der Waals surface area contributed by atoms with Gasteiger partial charge in [-0.25, -0.2) is 31.1 Å². The molecule has 0 saturated carbocycles. The third-order valence-electron chi connectivity index (χ3n) is 6.01. The van der Waals surface area contributed by atoms with Gasteiger partial charge in [-0.2, -0.15) is 4.98 Å². The normalized spacial score (nSPS) is 20.0. The van der Waals surface area contributed by atoms with E-state index >= 15 is 4.39 Å². The maximum Gasteiger partial charge on any atom is 0.280 e. The molecule has 4 aromatic rings. The quantitative estimate of drug-likeness (QED) is 0.377. The molecule has 14 heteroatoms. The average Bonchev–Trinajstić information content (AvgIpc) is 3.41. The highest BCUT2D eigenvalue weighted by atomic mass is 19.3. The first-order chi connectivity index (χ1) is 18.4. The standard InChI is InChI=1S/C22H23F5N8O/c1-33-7-5-16(22(26,27)11-33)28-21-29-20(36-2)19-18(13(23)10-35(19)31-21)12-3-4-14-15(9-12)34(32-30-14)8-6-17(24)25/h3-4,9-10,16-17H,5-8,11H2,1-2H3,(H,28,31)/t16-/m1/s1/i1D3. The number of methoxy groups -OCH3 is 1. The van der Waals surface area contributed by atoms with Crippen molar-refractivity contribution in [1.29, 1.82) is 0 Å². The van der Waals surface area contributed by atoms with Gasteiger partial charge in [0.25, 0.3) is 5.92 Å². The SMILES string of the molecule is [2H]C([2H])([2H])N1CC[C@@H](Nc2nc(OC)c3c(-c4ccc5nnn(CCC(F)F)c5c4)c(F)cn3n2)C(F)(F)C1. The van der Waals surface area contributed by atoms with Crippen LogP contribution in [0.5, 0.6) is 5.88 Å². The number of hydrogen-bond donors (Lipinski definition) is 1. The van der Waals surface area contributed by atoms with E-state index in [9.17, 15) is 17.6 Å². The number of hydrogen-bond acceptors (Lipinski definition) is 7. The predicted octanol–water partition coefficient (Wildman–Crippen LogP) is 3.70. The van der Waals surface area contributed by atoms with E-state index in [1.807, 2.05) is 0 Å². The fraction of sp³-hybridized carbons (Fsp3) is 0.455. The second-order valence-electron chi connectivity index (χ2n) is 8.45. The third-order valence-corrected chi connectivity index (χ3v) is 6.01. The van der Waals surface area contributed by atoms with E-state index in [0.717, 1.165) is 15.6 Å². The molecule has 4 heterocycles. The van der Waals surface area contributed by atoms with Gasteiger partial charge in [-0.15, -0.1) is 10.2 Å². The molecule has 1 saturated heterocycles. The number of likely N-dealkylation sites (tertiary alicyclic amines) is 1. The molecule has 5 rings (SSSR count). The minimum absolute atomic E-state index is 0.0400. The monoisotopic (exact) mass is 513 g/mol. The maximum absolute atomic E-state index is 15.3. The summed E-state index contributed by atoms with van der Waals surface area (Å²) in [5, 5.41) is 14.5. The molecule has 1 aliphatic rings. The van der Waals surface area contributed by atoms with Crippen LogP contribution in [0.1, 0.15) is 17.0 Å². The van der Waals surface area contributed by atoms with Crippen LogP contribution in [0, 0.1) is 5.82 Å². The van der Waals surface area contributed by atoms with Crippen LogP contribution in [0.4, 0.5) is 27.9 Å². The van der Waals surface area contributed by atoms with Crippen molar-refractivity contribution in [3.05, 3.63) is 30.2 Å². The van der Waals surface area contributed by atoms with E-state index in [0.29, 0.717) is 16.6 Å². The van der Waals surface area contributed by atoms with E-state index in [1.54, 1.807) is 18.2 Å². The smallest absolute Gasteiger partial charge is 0.280 e. The summed E-state index contributed by atoms with van der Waals surface area (Å²) in [6.45, 7) is -3.81. The second kappa shape index (κ2) is 9.15. The molecule has 1 fully saturated rings. The topological polar surface area (TPSA) is 85.4 Å². The van der Waals surface area contributed by atoms with Crippen LogP contribution in [-0.4, -0.2) is 80.1 Å². The molecule has 1 aromatic carbocycles. The molecule has 0 amide bonds. The number of benzene rings is 1. The summed E-state index contributed by atoms with van der Waals surface area (Å²) in [5.41, 5.74) is 1.33. The molecule has 0 spiro atoms. The zero-order chi connectivity index (χ0) is 28.1. The van der Waals surface area contributed by atoms with E-state index in [-0.39, 0.29) is 42.4 Å². The molecule has 0 aliphatic carbocycles. The summed E-state index contributed by atoms with van der Waals surface area (Å²) in [7, 11) is 1.27. The number of alkyl halides is 4. The fourth-order valence-electron chi connectivity index (χ4n) is 4.28. The highest BCUT2D eigenvalue weighted by Gasteiger charge is 2.44. The number of nitrogens with one attached hydrogen (secondary N) is 1. The number of aromatic nitrogens is 6. The van der Waals surface area contributed by atoms with Gasteiger partial charge in [-0.1, -0.05) is 11.3 Å². The first-order valence-corrected chi connectivity index (χ1v) is 11.0. The van der Waals surface area contributed by atoms with Crippen molar-refractivity contribution in [3.8, 4) is 17.0 Å². The zero-order valence-electron chi connectivity index (χ0n) is 21.9. The Hall–Kier alpha value is -3.55. The molecule has 9 nitrogen and oxygen atoms in total. The lowest BCUT2D eigenvalue weighted by Crippen LogP contribution is -2.53. The Morgan fingerprint density at radius 1 is 1.33 bits per heavy atom. The van der Waals surface area contributed by atoms with E-state index in [4.69, 9.17) is 8.85 Å². The van der Waals surface area contributed by atoms with Gasteiger partial charge < -0.3 is 15.0 Å². The van der Waals surface area contributed by atoms with Crippen LogP contribution >= 0.6 is 0 Å². The lowest BCUT2D eigenvalue weighted by molar-refractivity contribution is -0.0675. The summed E-state index contributed by atoms with van der Waals surface area (Å²) in [6, 6.07) is 3.21. The first kappa shape index (κ1) is 20.6. The van der Waals surface area contributed by atoms with E-state index in [1.165, 1.54) is 11.8 Å². The molecular weight excluding hydrogens is 487 g/mol. The highest BCUT2D eigenvalue weighted by molar-refractivity contribution is 5.89. The second-order valence-corrected chi connectivity index (χ2v) is 8.45. The van der Waals surface area contributed by atoms with Gasteiger partial charge in [0.1, 0.15) is 11.0 Å². The number of aryl methyl sites for hydroxylation is 1. The van der Waals surface area contributed by atoms with Crippen molar-refractivity contribution < 1.29 is 30.8 Å². The largest absolute Gasteiger partial charge is 0.479 e. The lowest BCUT2D eigenvalue weighted by Gasteiger charge is -2.36. The van der Waals surface area contributed by atoms with Crippen LogP contribution in [0.25, 0.3) is 27.7 Å². The van der Waals surface area contributed by atoms with Gasteiger partial charge in [-0.05, 0) is 31.1 Å². The molecule has 0 radical (unpaired) electrons. The minimum Gasteiger partial charge on any atom is -0.479 e. The Kier molecular flexibility index (Phi) is 5.24. The van der Waals surface area contributed by atoms with Crippen molar-refractivity contribution in [2.75, 3.05) is 32.5 Å². The number of ether oxygens (including phenoxy) is 1. The number of halogens is 5. The minimum atomic E-state index is -3.41. The number of fused-ring (bicyclic) bond motifs is 2. The molecule has 0 unspecified atom stereocenters. The molecule has 1 N–H and O–H groups in total. The Balaban J connectivity index is 1.49. The van der Waals surface area contributed by atoms with Gasteiger partial charge in [0.15, 0.2) is 5.82 Å². The number of nitrogens with zero attached hydrogens (tertiary/aromatic N) is 7. The fourth-order valence-corrected chi connectivity index (χ4v) is 4.28. The maximum atomic E-state index is 15.3. The van der Waals surface area contributed by atoms with Gasteiger partial charge in [0, 0.05) is 23.6 Å². The molecule has 1 aliphatic heterocycles. The summed E-state index contributed by atoms with van der Waals surface area (Å²) >= 11 is 0. The average molecular weight is 513 g/mol. The Bertz CT molecular complexity index is 1510. The van der Waals surface area contributed by atoms with Crippen molar-refractivity contribution in [1.82, 2.24) is 34.5 Å². The molecule has 1 atom stereocenters. The van der Waals surface area contributed by atoms with Crippen LogP contribution in [-0.2, 0) is 6.54 Å². The Morgan fingerprint density at radius 3 is 2.89 bits per heavy atom. The summed E-state index contributed by atoms with van der Waals surface area (Å²) in [5.74, 6) is -4.51. The van der Waals surface area contributed by atoms with Gasteiger partial charge >= 0.3 is 0 Å². The molecule has 0 bridgehead atoms. The zero-order valence-corrected chi connectivity index (χ0v) is 18.9. The van der Waals surface area contributed by atoms with Crippen LogP contribution < -0.4 is 10.1 Å². The number of piperidine rings is 1. The Morgan fingerprint density at radius 2 is 2.17 bits per heavy atom. The lowest BCUT2D eigenvalue weighted by atomic mass is 10.0. The van der Waals surface area contributed by atoms with E-state index < -0.39 is 44.1 Å². The molecular formula is C22H23F5N8O. The summed E-state index contributed by atoms with van der Waals surface area (Å²) in [6.07, 6.45) is -2.13. The van der Waals surface area contributed by atoms with Crippen LogP contribution in [0.15, 0.2) is 24.4 Å². The predicted molar refractivity (Wildman–Crippen MR) is 121 cm³/mol. The van der Waals surface area contributed by atoms with Gasteiger partial charge in [-0.3, -0.25) is 0 Å². The third kappa shape index (κ3) is 4.40. The van der Waals surface area contributed by atoms with Gasteiger partial charge in [0.2, 0.25) is 18.3 Å². The van der Waals surface area contributed by atoms with E-state index in [2.05, 4.69) is 25.7 Å². The molecule has 36 heavy (non-hydrogen) atoms. The van der Waals surface area contributed by atoms with Crippen molar-refractivity contribution in [2.24, 2.45) is 0 Å². The van der Waals surface area contributed by atoms with Gasteiger partial charge in [0.05, 0.1) is 37.0 Å². The van der Waals surface area contributed by atoms with Crippen molar-refractivity contribution >= 4 is 22.5 Å². The number of anilines is 1.